The summed E-state index contributed by atoms with van der Waals surface area (Å²) in [4.78, 5) is 8.78. The van der Waals surface area contributed by atoms with Crippen molar-refractivity contribution in [3.05, 3.63) is 29.4 Å². The van der Waals surface area contributed by atoms with Crippen molar-refractivity contribution in [1.82, 2.24) is 9.97 Å². The summed E-state index contributed by atoms with van der Waals surface area (Å²) in [6.07, 6.45) is 3.76. The van der Waals surface area contributed by atoms with Crippen LogP contribution in [0.25, 0.3) is 0 Å². The molecule has 3 nitrogen and oxygen atoms in total. The van der Waals surface area contributed by atoms with Crippen LogP contribution in [0.2, 0.25) is 0 Å². The number of hydrogen-bond donors (Lipinski definition) is 1. The van der Waals surface area contributed by atoms with Crippen molar-refractivity contribution in [1.29, 1.82) is 0 Å². The molecule has 0 bridgehead atoms. The zero-order valence-electron chi connectivity index (χ0n) is 10.6. The lowest BCUT2D eigenvalue weighted by Gasteiger charge is -2.11. The molecule has 0 saturated heterocycles. The van der Waals surface area contributed by atoms with E-state index in [1.807, 2.05) is 0 Å². The van der Waals surface area contributed by atoms with Crippen LogP contribution in [0.5, 0.6) is 0 Å². The Labute approximate surface area is 116 Å². The first-order valence-electron chi connectivity index (χ1n) is 6.14. The Morgan fingerprint density at radius 3 is 2.89 bits per heavy atom. The van der Waals surface area contributed by atoms with Crippen LogP contribution < -0.4 is 5.32 Å². The number of rotatable bonds is 6. The average Bonchev–Trinajstić information content (AvgIpc) is 2.86. The summed E-state index contributed by atoms with van der Waals surface area (Å²) in [6, 6.07) is 4.19. The molecule has 0 radical (unpaired) electrons. The van der Waals surface area contributed by atoms with Crippen LogP contribution >= 0.6 is 23.1 Å². The molecule has 18 heavy (non-hydrogen) atoms. The van der Waals surface area contributed by atoms with Crippen molar-refractivity contribution < 1.29 is 0 Å². The molecule has 0 unspecified atom stereocenters. The molecule has 1 N–H and O–H groups in total. The maximum Gasteiger partial charge on any atom is 0.133 e. The summed E-state index contributed by atoms with van der Waals surface area (Å²) in [6.45, 7) is 5.16. The van der Waals surface area contributed by atoms with Gasteiger partial charge in [-0.2, -0.15) is 0 Å². The summed E-state index contributed by atoms with van der Waals surface area (Å²) in [5, 5.41) is 6.49. The fourth-order valence-corrected chi connectivity index (χ4v) is 3.50. The monoisotopic (exact) mass is 279 g/mol. The maximum absolute atomic E-state index is 4.43. The highest BCUT2D eigenvalue weighted by Crippen LogP contribution is 2.34. The fraction of sp³-hybridized carbons (Fsp3) is 0.385. The van der Waals surface area contributed by atoms with Gasteiger partial charge >= 0.3 is 0 Å². The van der Waals surface area contributed by atoms with Crippen molar-refractivity contribution >= 4 is 28.9 Å². The molecule has 2 heterocycles. The predicted molar refractivity (Wildman–Crippen MR) is 78.6 cm³/mol. The van der Waals surface area contributed by atoms with E-state index in [1.165, 1.54) is 9.77 Å². The molecular weight excluding hydrogens is 262 g/mol. The summed E-state index contributed by atoms with van der Waals surface area (Å²) in [7, 11) is 0. The number of anilines is 1. The topological polar surface area (TPSA) is 37.8 Å². The Bertz CT molecular complexity index is 483. The van der Waals surface area contributed by atoms with E-state index in [2.05, 4.69) is 46.6 Å². The Kier molecular flexibility index (Phi) is 5.01. The second-order valence-electron chi connectivity index (χ2n) is 3.82. The summed E-state index contributed by atoms with van der Waals surface area (Å²) >= 11 is 3.47. The summed E-state index contributed by atoms with van der Waals surface area (Å²) < 4.78 is 1.27. The molecule has 0 amide bonds. The Hall–Kier alpha value is -1.07. The quantitative estimate of drug-likeness (QED) is 0.809. The van der Waals surface area contributed by atoms with E-state index in [4.69, 9.17) is 0 Å². The van der Waals surface area contributed by atoms with Crippen LogP contribution in [-0.2, 0) is 6.42 Å². The van der Waals surface area contributed by atoms with Crippen molar-refractivity contribution in [2.45, 2.75) is 35.9 Å². The van der Waals surface area contributed by atoms with E-state index in [0.717, 1.165) is 30.2 Å². The minimum Gasteiger partial charge on any atom is -0.370 e. The normalized spacial score (nSPS) is 10.6. The van der Waals surface area contributed by atoms with Gasteiger partial charge in [0.2, 0.25) is 0 Å². The van der Waals surface area contributed by atoms with Crippen LogP contribution in [0.1, 0.15) is 25.8 Å². The molecule has 0 aromatic carbocycles. The molecule has 96 valence electrons. The lowest BCUT2D eigenvalue weighted by molar-refractivity contribution is 0.855. The molecule has 0 fully saturated rings. The molecule has 0 aliphatic heterocycles. The van der Waals surface area contributed by atoms with E-state index in [0.29, 0.717) is 0 Å². The van der Waals surface area contributed by atoms with Crippen LogP contribution in [0.3, 0.4) is 0 Å². The fourth-order valence-electron chi connectivity index (χ4n) is 1.70. The van der Waals surface area contributed by atoms with Gasteiger partial charge in [-0.25, -0.2) is 9.97 Å². The predicted octanol–water partition coefficient (Wildman–Crippen LogP) is 4.07. The minimum atomic E-state index is 0.886. The number of nitrogens with one attached hydrogen (secondary N) is 1. The van der Waals surface area contributed by atoms with E-state index in [-0.39, 0.29) is 0 Å². The smallest absolute Gasteiger partial charge is 0.133 e. The highest BCUT2D eigenvalue weighted by atomic mass is 32.2. The largest absolute Gasteiger partial charge is 0.370 e. The molecule has 2 rings (SSSR count). The number of nitrogens with zero attached hydrogens (tertiary/aromatic N) is 2. The van der Waals surface area contributed by atoms with Crippen LogP contribution in [0, 0.1) is 0 Å². The standard InChI is InChI=1S/C13H17N3S2/c1-3-6-10-12(14-4-2)15-9-16-13(10)18-11-7-5-8-17-11/h5,7-9H,3-4,6H2,1-2H3,(H,14,15,16). The third-order valence-corrected chi connectivity index (χ3v) is 4.53. The first-order valence-corrected chi connectivity index (χ1v) is 7.83. The number of aromatic nitrogens is 2. The zero-order valence-corrected chi connectivity index (χ0v) is 12.3. The first-order chi connectivity index (χ1) is 8.85. The molecule has 0 atom stereocenters. The van der Waals surface area contributed by atoms with Gasteiger partial charge in [0.05, 0.1) is 4.21 Å². The van der Waals surface area contributed by atoms with Crippen molar-refractivity contribution in [2.24, 2.45) is 0 Å². The van der Waals surface area contributed by atoms with Crippen molar-refractivity contribution in [3.8, 4) is 0 Å². The van der Waals surface area contributed by atoms with Gasteiger partial charge in [0.1, 0.15) is 17.2 Å². The van der Waals surface area contributed by atoms with Crippen LogP contribution in [0.4, 0.5) is 5.82 Å². The van der Waals surface area contributed by atoms with Gasteiger partial charge in [-0.15, -0.1) is 11.3 Å². The lowest BCUT2D eigenvalue weighted by atomic mass is 10.2. The number of hydrogen-bond acceptors (Lipinski definition) is 5. The van der Waals surface area contributed by atoms with Crippen molar-refractivity contribution in [3.63, 3.8) is 0 Å². The Morgan fingerprint density at radius 2 is 2.22 bits per heavy atom. The SMILES string of the molecule is CCCc1c(NCC)ncnc1Sc1cccs1. The third kappa shape index (κ3) is 3.23. The summed E-state index contributed by atoms with van der Waals surface area (Å²) in [5.74, 6) is 0.980. The Morgan fingerprint density at radius 1 is 1.33 bits per heavy atom. The molecule has 5 heteroatoms. The van der Waals surface area contributed by atoms with Gasteiger partial charge in [0, 0.05) is 12.1 Å². The van der Waals surface area contributed by atoms with Gasteiger partial charge in [-0.1, -0.05) is 31.2 Å². The van der Waals surface area contributed by atoms with Crippen LogP contribution in [0.15, 0.2) is 33.1 Å². The Balaban J connectivity index is 2.29. The number of thiophene rings is 1. The highest BCUT2D eigenvalue weighted by Gasteiger charge is 2.11. The van der Waals surface area contributed by atoms with E-state index < -0.39 is 0 Å². The third-order valence-electron chi connectivity index (χ3n) is 2.44. The second kappa shape index (κ2) is 6.75. The minimum absolute atomic E-state index is 0.886. The van der Waals surface area contributed by atoms with Crippen LogP contribution in [-0.4, -0.2) is 16.5 Å². The molecular formula is C13H17N3S2. The van der Waals surface area contributed by atoms with Gasteiger partial charge < -0.3 is 5.32 Å². The molecule has 0 aliphatic carbocycles. The van der Waals surface area contributed by atoms with E-state index in [1.54, 1.807) is 29.4 Å². The lowest BCUT2D eigenvalue weighted by Crippen LogP contribution is -2.05. The molecule has 2 aromatic rings. The maximum atomic E-state index is 4.43. The zero-order chi connectivity index (χ0) is 12.8. The summed E-state index contributed by atoms with van der Waals surface area (Å²) in [5.41, 5.74) is 1.24. The van der Waals surface area contributed by atoms with Gasteiger partial charge in [0.25, 0.3) is 0 Å². The molecule has 0 saturated carbocycles. The van der Waals surface area contributed by atoms with E-state index >= 15 is 0 Å². The first kappa shape index (κ1) is 13.4. The highest BCUT2D eigenvalue weighted by molar-refractivity contribution is 8.01. The van der Waals surface area contributed by atoms with Crippen molar-refractivity contribution in [2.75, 3.05) is 11.9 Å². The average molecular weight is 279 g/mol. The molecule has 0 aliphatic rings. The van der Waals surface area contributed by atoms with Gasteiger partial charge in [-0.3, -0.25) is 0 Å². The van der Waals surface area contributed by atoms with Gasteiger partial charge in [-0.05, 0) is 24.8 Å². The molecule has 0 spiro atoms. The van der Waals surface area contributed by atoms with E-state index in [9.17, 15) is 0 Å². The van der Waals surface area contributed by atoms with Gasteiger partial charge in [0.15, 0.2) is 0 Å². The second-order valence-corrected chi connectivity index (χ2v) is 6.06. The molecule has 2 aromatic heterocycles.